The monoisotopic (exact) mass is 363 g/mol. The lowest BCUT2D eigenvalue weighted by Crippen LogP contribution is -2.38. The van der Waals surface area contributed by atoms with Crippen LogP contribution < -0.4 is 0 Å². The molecule has 0 bridgehead atoms. The fourth-order valence-electron chi connectivity index (χ4n) is 3.78. The number of hydrogen-bond donors (Lipinski definition) is 1. The van der Waals surface area contributed by atoms with Crippen molar-refractivity contribution in [3.8, 4) is 5.75 Å². The molecule has 1 aromatic heterocycles. The normalized spacial score (nSPS) is 21.1. The van der Waals surface area contributed by atoms with Crippen LogP contribution >= 0.6 is 0 Å². The summed E-state index contributed by atoms with van der Waals surface area (Å²) in [6.45, 7) is 1.61. The highest BCUT2D eigenvalue weighted by molar-refractivity contribution is 7.89. The lowest BCUT2D eigenvalue weighted by Gasteiger charge is -2.23. The maximum absolute atomic E-state index is 13.1. The van der Waals surface area contributed by atoms with E-state index in [1.807, 2.05) is 4.57 Å². The molecule has 1 fully saturated rings. The average Bonchev–Trinajstić information content (AvgIpc) is 3.20. The molecule has 1 aromatic carbocycles. The maximum Gasteiger partial charge on any atom is 0.243 e. The summed E-state index contributed by atoms with van der Waals surface area (Å²) in [6, 6.07) is 4.80. The fraction of sp³-hybridized carbons (Fsp3) is 0.471. The van der Waals surface area contributed by atoms with Gasteiger partial charge in [0.1, 0.15) is 0 Å². The molecule has 0 unspecified atom stereocenters. The van der Waals surface area contributed by atoms with E-state index in [1.54, 1.807) is 31.5 Å². The molecule has 7 nitrogen and oxygen atoms in total. The third-order valence-electron chi connectivity index (χ3n) is 4.97. The molecule has 2 aliphatic rings. The third-order valence-corrected chi connectivity index (χ3v) is 6.91. The van der Waals surface area contributed by atoms with Gasteiger partial charge in [0.15, 0.2) is 11.6 Å². The second kappa shape index (κ2) is 6.12. The van der Waals surface area contributed by atoms with E-state index in [0.717, 1.165) is 31.3 Å². The van der Waals surface area contributed by atoms with Crippen molar-refractivity contribution >= 4 is 33.0 Å². The summed E-state index contributed by atoms with van der Waals surface area (Å²) in [5.41, 5.74) is 0.804. The minimum atomic E-state index is -3.63. The van der Waals surface area contributed by atoms with Gasteiger partial charge in [0.25, 0.3) is 0 Å². The van der Waals surface area contributed by atoms with E-state index in [2.05, 4.69) is 4.99 Å². The molecule has 4 rings (SSSR count). The largest absolute Gasteiger partial charge is 0.504 e. The molecule has 0 spiro atoms. The number of ether oxygens (including phenoxy) is 1. The van der Waals surface area contributed by atoms with Crippen LogP contribution in [0.3, 0.4) is 0 Å². The SMILES string of the molecule is COC[C@@H]1CCCN1S(=O)(=O)c1ccc2c(c1)c(O)c1n2CCC=N1. The molecule has 3 heterocycles. The second-order valence-corrected chi connectivity index (χ2v) is 8.36. The maximum atomic E-state index is 13.1. The lowest BCUT2D eigenvalue weighted by molar-refractivity contribution is 0.149. The molecule has 134 valence electrons. The first-order valence-electron chi connectivity index (χ1n) is 8.42. The van der Waals surface area contributed by atoms with Crippen LogP contribution in [0.4, 0.5) is 5.82 Å². The summed E-state index contributed by atoms with van der Waals surface area (Å²) >= 11 is 0. The van der Waals surface area contributed by atoms with Crippen LogP contribution in [0.1, 0.15) is 19.3 Å². The Kier molecular flexibility index (Phi) is 4.05. The van der Waals surface area contributed by atoms with Gasteiger partial charge in [-0.05, 0) is 31.0 Å². The summed E-state index contributed by atoms with van der Waals surface area (Å²) in [5.74, 6) is 0.534. The van der Waals surface area contributed by atoms with Crippen LogP contribution in [0.25, 0.3) is 10.9 Å². The number of aromatic hydroxyl groups is 1. The summed E-state index contributed by atoms with van der Waals surface area (Å²) < 4.78 is 34.7. The topological polar surface area (TPSA) is 84.1 Å². The molecule has 1 N–H and O–H groups in total. The Bertz CT molecular complexity index is 948. The molecule has 25 heavy (non-hydrogen) atoms. The van der Waals surface area contributed by atoms with Crippen molar-refractivity contribution in [3.05, 3.63) is 18.2 Å². The van der Waals surface area contributed by atoms with Crippen LogP contribution in [-0.2, 0) is 21.3 Å². The van der Waals surface area contributed by atoms with Crippen molar-refractivity contribution in [2.75, 3.05) is 20.3 Å². The molecule has 0 aliphatic carbocycles. The van der Waals surface area contributed by atoms with Gasteiger partial charge in [0, 0.05) is 44.3 Å². The van der Waals surface area contributed by atoms with Crippen molar-refractivity contribution in [2.45, 2.75) is 36.7 Å². The quantitative estimate of drug-likeness (QED) is 0.903. The Labute approximate surface area is 146 Å². The number of rotatable bonds is 4. The Hall–Kier alpha value is -1.90. The van der Waals surface area contributed by atoms with E-state index in [9.17, 15) is 13.5 Å². The third kappa shape index (κ3) is 2.56. The van der Waals surface area contributed by atoms with Gasteiger partial charge in [-0.2, -0.15) is 4.31 Å². The van der Waals surface area contributed by atoms with Crippen LogP contribution in [-0.4, -0.2) is 54.9 Å². The predicted octanol–water partition coefficient (Wildman–Crippen LogP) is 2.25. The summed E-state index contributed by atoms with van der Waals surface area (Å²) in [4.78, 5) is 4.45. The van der Waals surface area contributed by atoms with Gasteiger partial charge in [-0.15, -0.1) is 0 Å². The lowest BCUT2D eigenvalue weighted by atomic mass is 10.2. The zero-order chi connectivity index (χ0) is 17.6. The molecule has 0 radical (unpaired) electrons. The molecule has 1 atom stereocenters. The average molecular weight is 363 g/mol. The number of fused-ring (bicyclic) bond motifs is 3. The highest BCUT2D eigenvalue weighted by Crippen LogP contribution is 2.41. The molecule has 0 saturated carbocycles. The predicted molar refractivity (Wildman–Crippen MR) is 95.2 cm³/mol. The number of benzene rings is 1. The summed E-state index contributed by atoms with van der Waals surface area (Å²) in [5, 5.41) is 11.0. The van der Waals surface area contributed by atoms with Crippen molar-refractivity contribution in [1.29, 1.82) is 0 Å². The first kappa shape index (κ1) is 16.6. The zero-order valence-electron chi connectivity index (χ0n) is 14.1. The minimum Gasteiger partial charge on any atom is -0.504 e. The number of aryl methyl sites for hydroxylation is 1. The van der Waals surface area contributed by atoms with Gasteiger partial charge in [-0.1, -0.05) is 0 Å². The highest BCUT2D eigenvalue weighted by atomic mass is 32.2. The zero-order valence-corrected chi connectivity index (χ0v) is 14.9. The van der Waals surface area contributed by atoms with Gasteiger partial charge in [-0.3, -0.25) is 0 Å². The van der Waals surface area contributed by atoms with Gasteiger partial charge < -0.3 is 14.4 Å². The van der Waals surface area contributed by atoms with Crippen LogP contribution in [0.5, 0.6) is 5.75 Å². The fourth-order valence-corrected chi connectivity index (χ4v) is 5.48. The standard InChI is InChI=1S/C17H21N3O4S/c1-24-11-12-4-2-9-20(12)25(22,23)13-5-6-15-14(10-13)16(21)17-18-7-3-8-19(15)17/h5-7,10,12,21H,2-4,8-9,11H2,1H3/t12-/m0/s1. The number of methoxy groups -OCH3 is 1. The number of sulfonamides is 1. The number of aromatic nitrogens is 1. The van der Waals surface area contributed by atoms with E-state index in [-0.39, 0.29) is 16.7 Å². The molecular formula is C17H21N3O4S. The Morgan fingerprint density at radius 1 is 1.36 bits per heavy atom. The van der Waals surface area contributed by atoms with Crippen molar-refractivity contribution in [1.82, 2.24) is 8.87 Å². The number of aliphatic imine (C=N–C) groups is 1. The molecule has 2 aromatic rings. The molecular weight excluding hydrogens is 342 g/mol. The van der Waals surface area contributed by atoms with Crippen LogP contribution in [0.2, 0.25) is 0 Å². The van der Waals surface area contributed by atoms with Crippen molar-refractivity contribution in [3.63, 3.8) is 0 Å². The van der Waals surface area contributed by atoms with Crippen molar-refractivity contribution < 1.29 is 18.3 Å². The van der Waals surface area contributed by atoms with E-state index in [4.69, 9.17) is 4.74 Å². The minimum absolute atomic E-state index is 0.0397. The molecule has 8 heteroatoms. The van der Waals surface area contributed by atoms with Gasteiger partial charge >= 0.3 is 0 Å². The first-order valence-corrected chi connectivity index (χ1v) is 9.86. The van der Waals surface area contributed by atoms with E-state index >= 15 is 0 Å². The van der Waals surface area contributed by atoms with E-state index in [0.29, 0.717) is 24.4 Å². The molecule has 2 aliphatic heterocycles. The van der Waals surface area contributed by atoms with Gasteiger partial charge in [0.05, 0.1) is 17.0 Å². The van der Waals surface area contributed by atoms with Crippen molar-refractivity contribution in [2.24, 2.45) is 4.99 Å². The van der Waals surface area contributed by atoms with E-state index < -0.39 is 10.0 Å². The molecule has 0 amide bonds. The number of hydrogen-bond acceptors (Lipinski definition) is 5. The Balaban J connectivity index is 1.79. The highest BCUT2D eigenvalue weighted by Gasteiger charge is 2.35. The first-order chi connectivity index (χ1) is 12.0. The van der Waals surface area contributed by atoms with Crippen LogP contribution in [0.15, 0.2) is 28.1 Å². The summed E-state index contributed by atoms with van der Waals surface area (Å²) in [7, 11) is -2.04. The van der Waals surface area contributed by atoms with Gasteiger partial charge in [0.2, 0.25) is 10.0 Å². The smallest absolute Gasteiger partial charge is 0.243 e. The Morgan fingerprint density at radius 2 is 2.20 bits per heavy atom. The summed E-state index contributed by atoms with van der Waals surface area (Å²) in [6.07, 6.45) is 4.19. The number of nitrogens with zero attached hydrogens (tertiary/aromatic N) is 3. The van der Waals surface area contributed by atoms with Crippen LogP contribution in [0, 0.1) is 0 Å². The Morgan fingerprint density at radius 3 is 3.00 bits per heavy atom. The van der Waals surface area contributed by atoms with E-state index in [1.165, 1.54) is 4.31 Å². The van der Waals surface area contributed by atoms with Gasteiger partial charge in [-0.25, -0.2) is 13.4 Å². The second-order valence-electron chi connectivity index (χ2n) is 6.47. The molecule has 1 saturated heterocycles.